The minimum atomic E-state index is -0.539. The van der Waals surface area contributed by atoms with Crippen LogP contribution in [0.4, 0.5) is 26.4 Å². The van der Waals surface area contributed by atoms with Gasteiger partial charge in [0.2, 0.25) is 0 Å². The molecule has 0 bridgehead atoms. The van der Waals surface area contributed by atoms with Gasteiger partial charge in [-0.1, -0.05) is 18.2 Å². The fourth-order valence-electron chi connectivity index (χ4n) is 3.37. The molecule has 0 radical (unpaired) electrons. The summed E-state index contributed by atoms with van der Waals surface area (Å²) in [6.45, 7) is 1.92. The highest BCUT2D eigenvalue weighted by Crippen LogP contribution is 2.36. The van der Waals surface area contributed by atoms with Crippen molar-refractivity contribution < 1.29 is 18.7 Å². The zero-order valence-electron chi connectivity index (χ0n) is 17.5. The number of aromatic nitrogens is 2. The molecule has 9 heteroatoms. The third-order valence-electron chi connectivity index (χ3n) is 4.87. The molecule has 8 nitrogen and oxygen atoms in total. The van der Waals surface area contributed by atoms with Crippen LogP contribution >= 0.6 is 0 Å². The topological polar surface area (TPSA) is 114 Å². The number of ether oxygens (including phenoxy) is 2. The zero-order chi connectivity index (χ0) is 22.7. The van der Waals surface area contributed by atoms with Crippen LogP contribution in [-0.4, -0.2) is 30.1 Å². The van der Waals surface area contributed by atoms with Gasteiger partial charge < -0.3 is 25.8 Å². The highest BCUT2D eigenvalue weighted by molar-refractivity contribution is 6.04. The summed E-state index contributed by atoms with van der Waals surface area (Å²) in [7, 11) is 1.54. The minimum absolute atomic E-state index is 0.0995. The van der Waals surface area contributed by atoms with E-state index in [2.05, 4.69) is 20.8 Å². The number of methoxy groups -OCH3 is 1. The van der Waals surface area contributed by atoms with Gasteiger partial charge in [0.15, 0.2) is 12.6 Å². The van der Waals surface area contributed by atoms with Crippen LogP contribution in [0.5, 0.6) is 5.75 Å². The Labute approximate surface area is 183 Å². The molecular weight excluding hydrogens is 413 g/mol. The second-order valence-corrected chi connectivity index (χ2v) is 7.16. The van der Waals surface area contributed by atoms with E-state index in [1.165, 1.54) is 6.07 Å². The van der Waals surface area contributed by atoms with Crippen LogP contribution in [0.15, 0.2) is 54.6 Å². The van der Waals surface area contributed by atoms with Gasteiger partial charge in [0.25, 0.3) is 0 Å². The zero-order valence-corrected chi connectivity index (χ0v) is 17.5. The number of halogens is 1. The molecule has 0 fully saturated rings. The first-order valence-electron chi connectivity index (χ1n) is 9.79. The standard InChI is InChI=1S/C23H22FN5O3/c1-13-3-9-17(24)18(11-13)27-23(30)26-15-6-4-14(5-7-15)16-8-10-19(32-12-31-2)21-20(16)22(25)29-28-21/h3-11H,12H2,1-2H3,(H3,25,28,29)(H2,26,27,30). The van der Waals surface area contributed by atoms with Crippen molar-refractivity contribution in [2.75, 3.05) is 30.3 Å². The number of fused-ring (bicyclic) bond motifs is 1. The molecule has 32 heavy (non-hydrogen) atoms. The number of nitrogens with two attached hydrogens (primary N) is 1. The summed E-state index contributed by atoms with van der Waals surface area (Å²) in [5.41, 5.74) is 9.98. The summed E-state index contributed by atoms with van der Waals surface area (Å²) in [4.78, 5) is 12.3. The van der Waals surface area contributed by atoms with Gasteiger partial charge in [-0.25, -0.2) is 9.18 Å². The molecule has 0 atom stereocenters. The molecule has 0 aliphatic heterocycles. The first kappa shape index (κ1) is 21.1. The normalized spacial score (nSPS) is 10.8. The lowest BCUT2D eigenvalue weighted by Gasteiger charge is -2.11. The summed E-state index contributed by atoms with van der Waals surface area (Å²) < 4.78 is 24.4. The summed E-state index contributed by atoms with van der Waals surface area (Å²) in [6, 6.07) is 14.9. The van der Waals surface area contributed by atoms with E-state index in [0.717, 1.165) is 22.1 Å². The second kappa shape index (κ2) is 8.94. The Balaban J connectivity index is 1.54. The number of carbonyl (C=O) groups excluding carboxylic acids is 1. The number of anilines is 3. The Hall–Kier alpha value is -4.11. The van der Waals surface area contributed by atoms with Crippen molar-refractivity contribution in [2.24, 2.45) is 0 Å². The third-order valence-corrected chi connectivity index (χ3v) is 4.87. The molecule has 3 aromatic carbocycles. The third kappa shape index (κ3) is 4.33. The van der Waals surface area contributed by atoms with E-state index in [9.17, 15) is 9.18 Å². The number of hydrogen-bond acceptors (Lipinski definition) is 5. The van der Waals surface area contributed by atoms with Gasteiger partial charge in [-0.15, -0.1) is 0 Å². The Bertz CT molecular complexity index is 1270. The predicted octanol–water partition coefficient (Wildman–Crippen LogP) is 4.89. The quantitative estimate of drug-likeness (QED) is 0.322. The van der Waals surface area contributed by atoms with Crippen molar-refractivity contribution in [1.82, 2.24) is 10.2 Å². The van der Waals surface area contributed by atoms with Crippen molar-refractivity contribution in [1.29, 1.82) is 0 Å². The molecule has 2 amide bonds. The Morgan fingerprint density at radius 1 is 1.12 bits per heavy atom. The number of benzene rings is 3. The number of rotatable bonds is 6. The van der Waals surface area contributed by atoms with E-state index in [1.54, 1.807) is 31.4 Å². The average Bonchev–Trinajstić information content (AvgIpc) is 3.17. The Morgan fingerprint density at radius 3 is 2.66 bits per heavy atom. The van der Waals surface area contributed by atoms with Crippen molar-refractivity contribution in [3.8, 4) is 16.9 Å². The molecule has 0 aliphatic rings. The molecule has 4 rings (SSSR count). The van der Waals surface area contributed by atoms with Gasteiger partial charge in [-0.2, -0.15) is 5.10 Å². The van der Waals surface area contributed by atoms with Crippen LogP contribution in [0.25, 0.3) is 22.0 Å². The highest BCUT2D eigenvalue weighted by Gasteiger charge is 2.15. The van der Waals surface area contributed by atoms with E-state index < -0.39 is 11.8 Å². The SMILES string of the molecule is COCOc1ccc(-c2ccc(NC(=O)Nc3cc(C)ccc3F)cc2)c2c(N)n[nH]c12. The van der Waals surface area contributed by atoms with Crippen LogP contribution in [0.1, 0.15) is 5.56 Å². The van der Waals surface area contributed by atoms with Crippen molar-refractivity contribution >= 4 is 34.1 Å². The largest absolute Gasteiger partial charge is 0.465 e. The lowest BCUT2D eigenvalue weighted by Crippen LogP contribution is -2.20. The van der Waals surface area contributed by atoms with E-state index in [0.29, 0.717) is 22.8 Å². The molecule has 5 N–H and O–H groups in total. The number of hydrogen-bond donors (Lipinski definition) is 4. The monoisotopic (exact) mass is 435 g/mol. The minimum Gasteiger partial charge on any atom is -0.465 e. The van der Waals surface area contributed by atoms with Gasteiger partial charge in [0.1, 0.15) is 17.1 Å². The maximum atomic E-state index is 13.9. The molecule has 164 valence electrons. The summed E-state index contributed by atoms with van der Waals surface area (Å²) in [6.07, 6.45) is 0. The molecule has 0 spiro atoms. The van der Waals surface area contributed by atoms with Crippen molar-refractivity contribution in [2.45, 2.75) is 6.92 Å². The fraction of sp³-hybridized carbons (Fsp3) is 0.130. The van der Waals surface area contributed by atoms with Crippen LogP contribution in [0.3, 0.4) is 0 Å². The summed E-state index contributed by atoms with van der Waals surface area (Å²) in [5, 5.41) is 12.9. The molecule has 4 aromatic rings. The van der Waals surface area contributed by atoms with Crippen molar-refractivity contribution in [3.63, 3.8) is 0 Å². The van der Waals surface area contributed by atoms with Crippen LogP contribution in [0, 0.1) is 12.7 Å². The predicted molar refractivity (Wildman–Crippen MR) is 122 cm³/mol. The molecule has 0 saturated carbocycles. The Kier molecular flexibility index (Phi) is 5.91. The summed E-state index contributed by atoms with van der Waals surface area (Å²) >= 11 is 0. The van der Waals surface area contributed by atoms with Gasteiger partial charge in [-0.05, 0) is 60.0 Å². The smallest absolute Gasteiger partial charge is 0.323 e. The highest BCUT2D eigenvalue weighted by atomic mass is 19.1. The number of nitrogens with zero attached hydrogens (tertiary/aromatic N) is 1. The fourth-order valence-corrected chi connectivity index (χ4v) is 3.37. The number of amides is 2. The van der Waals surface area contributed by atoms with E-state index >= 15 is 0 Å². The first-order chi connectivity index (χ1) is 15.5. The van der Waals surface area contributed by atoms with Crippen LogP contribution in [-0.2, 0) is 4.74 Å². The number of nitrogens with one attached hydrogen (secondary N) is 3. The molecule has 0 saturated heterocycles. The van der Waals surface area contributed by atoms with Crippen LogP contribution < -0.4 is 21.1 Å². The number of H-pyrrole nitrogens is 1. The average molecular weight is 435 g/mol. The molecule has 0 unspecified atom stereocenters. The number of aryl methyl sites for hydroxylation is 1. The summed E-state index contributed by atoms with van der Waals surface area (Å²) in [5.74, 6) is 0.425. The van der Waals surface area contributed by atoms with Gasteiger partial charge >= 0.3 is 6.03 Å². The number of nitrogen functional groups attached to an aromatic ring is 1. The maximum Gasteiger partial charge on any atom is 0.323 e. The van der Waals surface area contributed by atoms with Crippen LogP contribution in [0.2, 0.25) is 0 Å². The van der Waals surface area contributed by atoms with Crippen molar-refractivity contribution in [3.05, 3.63) is 66.0 Å². The van der Waals surface area contributed by atoms with E-state index in [4.69, 9.17) is 15.2 Å². The lowest BCUT2D eigenvalue weighted by molar-refractivity contribution is 0.0521. The van der Waals surface area contributed by atoms with Gasteiger partial charge in [-0.3, -0.25) is 5.10 Å². The molecule has 0 aliphatic carbocycles. The second-order valence-electron chi connectivity index (χ2n) is 7.16. The molecular formula is C23H22FN5O3. The lowest BCUT2D eigenvalue weighted by atomic mass is 10.0. The Morgan fingerprint density at radius 2 is 1.91 bits per heavy atom. The van der Waals surface area contributed by atoms with Gasteiger partial charge in [0.05, 0.1) is 11.1 Å². The molecule has 1 heterocycles. The maximum absolute atomic E-state index is 13.9. The van der Waals surface area contributed by atoms with Gasteiger partial charge in [0, 0.05) is 12.8 Å². The van der Waals surface area contributed by atoms with E-state index in [1.807, 2.05) is 31.2 Å². The van der Waals surface area contributed by atoms with E-state index in [-0.39, 0.29) is 12.5 Å². The number of urea groups is 1. The first-order valence-corrected chi connectivity index (χ1v) is 9.79. The molecule has 1 aromatic heterocycles. The number of aromatic amines is 1. The number of carbonyl (C=O) groups is 1.